The molecule has 1 unspecified atom stereocenters. The van der Waals surface area contributed by atoms with Crippen LogP contribution in [0.15, 0.2) is 9.41 Å². The predicted octanol–water partition coefficient (Wildman–Crippen LogP) is 0.592. The lowest BCUT2D eigenvalue weighted by molar-refractivity contribution is 0.116. The summed E-state index contributed by atoms with van der Waals surface area (Å²) >= 11 is 0. The van der Waals surface area contributed by atoms with Crippen LogP contribution in [0.5, 0.6) is 0 Å². The molecule has 0 aliphatic carbocycles. The lowest BCUT2D eigenvalue weighted by atomic mass is 10.2. The minimum atomic E-state index is 0.449. The minimum Gasteiger partial charge on any atom is -0.444 e. The van der Waals surface area contributed by atoms with Crippen LogP contribution in [0.4, 0.5) is 0 Å². The Balaban J connectivity index is 1.90. The molecular weight excluding hydrogens is 292 g/mol. The Labute approximate surface area is 139 Å². The summed E-state index contributed by atoms with van der Waals surface area (Å²) < 4.78 is 5.58. The van der Waals surface area contributed by atoms with E-state index in [9.17, 15) is 0 Å². The summed E-state index contributed by atoms with van der Waals surface area (Å²) in [7, 11) is 4.36. The first-order chi connectivity index (χ1) is 11.0. The van der Waals surface area contributed by atoms with Crippen molar-refractivity contribution in [2.45, 2.75) is 33.4 Å². The third kappa shape index (κ3) is 5.21. The Kier molecular flexibility index (Phi) is 6.41. The van der Waals surface area contributed by atoms with Gasteiger partial charge in [0.25, 0.3) is 0 Å². The maximum atomic E-state index is 5.58. The zero-order valence-electron chi connectivity index (χ0n) is 15.0. The van der Waals surface area contributed by atoms with Crippen LogP contribution in [-0.2, 0) is 6.54 Å². The van der Waals surface area contributed by atoms with E-state index in [4.69, 9.17) is 4.42 Å². The molecule has 1 aliphatic heterocycles. The normalized spacial score (nSPS) is 20.7. The Bertz CT molecular complexity index is 507. The number of guanidine groups is 1. The molecular formula is C16H30N6O. The highest BCUT2D eigenvalue weighted by molar-refractivity contribution is 5.79. The van der Waals surface area contributed by atoms with Crippen LogP contribution in [0.25, 0.3) is 0 Å². The molecule has 1 aromatic rings. The number of aliphatic imine (C=N–C) groups is 1. The maximum Gasteiger partial charge on any atom is 0.216 e. The van der Waals surface area contributed by atoms with Crippen molar-refractivity contribution >= 4 is 5.96 Å². The number of hydrogen-bond acceptors (Lipinski definition) is 5. The number of aromatic nitrogens is 1. The molecule has 0 saturated carbocycles. The Morgan fingerprint density at radius 1 is 1.30 bits per heavy atom. The molecule has 2 rings (SSSR count). The van der Waals surface area contributed by atoms with Gasteiger partial charge in [-0.05, 0) is 34.9 Å². The van der Waals surface area contributed by atoms with E-state index in [2.05, 4.69) is 51.4 Å². The average Bonchev–Trinajstić information content (AvgIpc) is 2.84. The fourth-order valence-corrected chi connectivity index (χ4v) is 2.63. The van der Waals surface area contributed by atoms with Crippen molar-refractivity contribution in [3.8, 4) is 0 Å². The average molecular weight is 322 g/mol. The lowest BCUT2D eigenvalue weighted by Crippen LogP contribution is -2.55. The van der Waals surface area contributed by atoms with Crippen LogP contribution in [0, 0.1) is 13.8 Å². The zero-order chi connectivity index (χ0) is 16.8. The van der Waals surface area contributed by atoms with E-state index < -0.39 is 0 Å². The first-order valence-electron chi connectivity index (χ1n) is 8.33. The topological polar surface area (TPSA) is 68.9 Å². The molecule has 2 N–H and O–H groups in total. The highest BCUT2D eigenvalue weighted by Gasteiger charge is 2.22. The molecule has 0 aromatic carbocycles. The first kappa shape index (κ1) is 17.7. The quantitative estimate of drug-likeness (QED) is 0.611. The van der Waals surface area contributed by atoms with Crippen molar-refractivity contribution in [2.24, 2.45) is 4.99 Å². The molecule has 0 bridgehead atoms. The highest BCUT2D eigenvalue weighted by atomic mass is 16.4. The van der Waals surface area contributed by atoms with E-state index in [0.717, 1.165) is 50.1 Å². The molecule has 2 heterocycles. The molecule has 130 valence electrons. The van der Waals surface area contributed by atoms with Gasteiger partial charge >= 0.3 is 0 Å². The smallest absolute Gasteiger partial charge is 0.216 e. The second-order valence-corrected chi connectivity index (χ2v) is 6.22. The number of likely N-dealkylation sites (N-methyl/N-ethyl adjacent to an activating group) is 2. The van der Waals surface area contributed by atoms with Gasteiger partial charge in [0.2, 0.25) is 5.89 Å². The molecule has 1 aromatic heterocycles. The largest absolute Gasteiger partial charge is 0.444 e. The van der Waals surface area contributed by atoms with Gasteiger partial charge in [0.1, 0.15) is 12.3 Å². The highest BCUT2D eigenvalue weighted by Crippen LogP contribution is 2.09. The van der Waals surface area contributed by atoms with Gasteiger partial charge in [0, 0.05) is 38.8 Å². The van der Waals surface area contributed by atoms with E-state index in [1.165, 1.54) is 0 Å². The number of hydrogen-bond donors (Lipinski definition) is 2. The summed E-state index contributed by atoms with van der Waals surface area (Å²) in [5.74, 6) is 2.33. The van der Waals surface area contributed by atoms with Crippen molar-refractivity contribution in [1.82, 2.24) is 25.4 Å². The Hall–Kier alpha value is -1.60. The fourth-order valence-electron chi connectivity index (χ4n) is 2.63. The predicted molar refractivity (Wildman–Crippen MR) is 92.7 cm³/mol. The maximum absolute atomic E-state index is 5.58. The monoisotopic (exact) mass is 322 g/mol. The molecule has 0 radical (unpaired) electrons. The minimum absolute atomic E-state index is 0.449. The molecule has 7 heteroatoms. The molecule has 7 nitrogen and oxygen atoms in total. The molecule has 23 heavy (non-hydrogen) atoms. The summed E-state index contributed by atoms with van der Waals surface area (Å²) in [6.07, 6.45) is 0. The molecule has 1 atom stereocenters. The summed E-state index contributed by atoms with van der Waals surface area (Å²) in [5.41, 5.74) is 0.931. The van der Waals surface area contributed by atoms with E-state index in [1.54, 1.807) is 0 Å². The van der Waals surface area contributed by atoms with Crippen molar-refractivity contribution in [1.29, 1.82) is 0 Å². The van der Waals surface area contributed by atoms with E-state index in [0.29, 0.717) is 18.5 Å². The van der Waals surface area contributed by atoms with E-state index in [1.807, 2.05) is 13.8 Å². The number of rotatable bonds is 5. The van der Waals surface area contributed by atoms with Gasteiger partial charge in [0.05, 0.1) is 5.69 Å². The Morgan fingerprint density at radius 3 is 2.74 bits per heavy atom. The fraction of sp³-hybridized carbons (Fsp3) is 0.750. The van der Waals surface area contributed by atoms with Gasteiger partial charge in [0.15, 0.2) is 5.96 Å². The van der Waals surface area contributed by atoms with Crippen LogP contribution < -0.4 is 10.6 Å². The van der Waals surface area contributed by atoms with Crippen LogP contribution >= 0.6 is 0 Å². The zero-order valence-corrected chi connectivity index (χ0v) is 15.0. The lowest BCUT2D eigenvalue weighted by Gasteiger charge is -2.37. The van der Waals surface area contributed by atoms with Gasteiger partial charge in [-0.15, -0.1) is 0 Å². The van der Waals surface area contributed by atoms with Gasteiger partial charge in [-0.1, -0.05) is 0 Å². The van der Waals surface area contributed by atoms with Crippen molar-refractivity contribution in [3.63, 3.8) is 0 Å². The molecule has 1 fully saturated rings. The SMILES string of the molecule is CCNC(=NCc1nc(C)c(C)o1)NCC1CN(C)CCN1C. The summed E-state index contributed by atoms with van der Waals surface area (Å²) in [6.45, 7) is 11.4. The summed E-state index contributed by atoms with van der Waals surface area (Å²) in [5, 5.41) is 6.71. The second kappa shape index (κ2) is 8.31. The molecule has 1 saturated heterocycles. The third-order valence-electron chi connectivity index (χ3n) is 4.27. The molecule has 1 aliphatic rings. The summed E-state index contributed by atoms with van der Waals surface area (Å²) in [4.78, 5) is 13.7. The van der Waals surface area contributed by atoms with Crippen LogP contribution in [-0.4, -0.2) is 73.6 Å². The van der Waals surface area contributed by atoms with Crippen LogP contribution in [0.3, 0.4) is 0 Å². The van der Waals surface area contributed by atoms with Crippen molar-refractivity contribution in [3.05, 3.63) is 17.3 Å². The van der Waals surface area contributed by atoms with Crippen LogP contribution in [0.2, 0.25) is 0 Å². The van der Waals surface area contributed by atoms with Crippen molar-refractivity contribution in [2.75, 3.05) is 46.8 Å². The third-order valence-corrected chi connectivity index (χ3v) is 4.27. The molecule has 0 spiro atoms. The number of oxazole rings is 1. The van der Waals surface area contributed by atoms with Gasteiger partial charge < -0.3 is 20.0 Å². The van der Waals surface area contributed by atoms with Gasteiger partial charge in [-0.25, -0.2) is 9.98 Å². The second-order valence-electron chi connectivity index (χ2n) is 6.22. The van der Waals surface area contributed by atoms with Crippen molar-refractivity contribution < 1.29 is 4.42 Å². The Morgan fingerprint density at radius 2 is 2.09 bits per heavy atom. The van der Waals surface area contributed by atoms with Gasteiger partial charge in [-0.3, -0.25) is 4.90 Å². The number of nitrogens with zero attached hydrogens (tertiary/aromatic N) is 4. The summed E-state index contributed by atoms with van der Waals surface area (Å²) in [6, 6.07) is 0.490. The van der Waals surface area contributed by atoms with E-state index >= 15 is 0 Å². The molecule has 0 amide bonds. The first-order valence-corrected chi connectivity index (χ1v) is 8.33. The van der Waals surface area contributed by atoms with Crippen LogP contribution in [0.1, 0.15) is 24.3 Å². The number of piperazine rings is 1. The van der Waals surface area contributed by atoms with Gasteiger partial charge in [-0.2, -0.15) is 0 Å². The number of nitrogens with one attached hydrogen (secondary N) is 2. The number of aryl methyl sites for hydroxylation is 2. The van der Waals surface area contributed by atoms with E-state index in [-0.39, 0.29) is 0 Å². The standard InChI is InChI=1S/C16H30N6O/c1-6-17-16(19-10-15-20-12(2)13(3)23-15)18-9-14-11-21(4)7-8-22(14)5/h14H,6-11H2,1-5H3,(H2,17,18,19).